The zero-order chi connectivity index (χ0) is 24.4. The number of imidazole rings is 1. The molecule has 7 nitrogen and oxygen atoms in total. The number of likely N-dealkylation sites (tertiary alicyclic amines) is 1. The van der Waals surface area contributed by atoms with Crippen LogP contribution < -0.4 is 10.1 Å². The number of hydrogen-bond donors (Lipinski definition) is 2. The average molecular weight is 488 g/mol. The van der Waals surface area contributed by atoms with E-state index in [-0.39, 0.29) is 17.7 Å². The molecule has 0 aliphatic carbocycles. The van der Waals surface area contributed by atoms with E-state index in [2.05, 4.69) is 31.0 Å². The van der Waals surface area contributed by atoms with Crippen LogP contribution in [0.2, 0.25) is 0 Å². The van der Waals surface area contributed by atoms with Crippen LogP contribution in [0.4, 0.5) is 13.2 Å². The van der Waals surface area contributed by atoms with Crippen LogP contribution in [0.15, 0.2) is 48.3 Å². The summed E-state index contributed by atoms with van der Waals surface area (Å²) >= 11 is 0. The van der Waals surface area contributed by atoms with Crippen LogP contribution in [-0.4, -0.2) is 70.8 Å². The Morgan fingerprint density at radius 1 is 1.26 bits per heavy atom. The van der Waals surface area contributed by atoms with Gasteiger partial charge in [0.15, 0.2) is 0 Å². The number of hydrogen-bond acceptors (Lipinski definition) is 5. The third-order valence-corrected chi connectivity index (χ3v) is 6.87. The van der Waals surface area contributed by atoms with Crippen molar-refractivity contribution in [3.05, 3.63) is 65.3 Å². The SMILES string of the molecule is O=C(C1Cc2[nH]cnc2CN1)N1CC2=CCN(CC=Cc3ccc(OC(F)(F)F)cc3)CC[C@@H]2C1. The first-order chi connectivity index (χ1) is 16.8. The maximum absolute atomic E-state index is 13.1. The minimum atomic E-state index is -4.68. The lowest BCUT2D eigenvalue weighted by Gasteiger charge is -2.27. The van der Waals surface area contributed by atoms with Crippen LogP contribution in [0, 0.1) is 5.92 Å². The fourth-order valence-electron chi connectivity index (χ4n) is 5.00. The number of ether oxygens (including phenoxy) is 1. The van der Waals surface area contributed by atoms with Crippen molar-refractivity contribution < 1.29 is 22.7 Å². The van der Waals surface area contributed by atoms with Gasteiger partial charge in [-0.1, -0.05) is 30.4 Å². The number of carbonyl (C=O) groups is 1. The van der Waals surface area contributed by atoms with Crippen LogP contribution in [-0.2, 0) is 17.8 Å². The average Bonchev–Trinajstić information content (AvgIpc) is 3.42. The van der Waals surface area contributed by atoms with E-state index >= 15 is 0 Å². The molecule has 0 radical (unpaired) electrons. The summed E-state index contributed by atoms with van der Waals surface area (Å²) in [5.74, 6) is 0.323. The molecule has 1 aromatic carbocycles. The van der Waals surface area contributed by atoms with Crippen molar-refractivity contribution in [1.82, 2.24) is 25.1 Å². The highest BCUT2D eigenvalue weighted by molar-refractivity contribution is 5.83. The van der Waals surface area contributed by atoms with Gasteiger partial charge in [0.1, 0.15) is 5.75 Å². The van der Waals surface area contributed by atoms with E-state index in [4.69, 9.17) is 0 Å². The van der Waals surface area contributed by atoms with E-state index in [1.54, 1.807) is 18.5 Å². The predicted octanol–water partition coefficient (Wildman–Crippen LogP) is 3.13. The number of nitrogens with one attached hydrogen (secondary N) is 2. The second kappa shape index (κ2) is 9.87. The molecule has 2 atom stereocenters. The van der Waals surface area contributed by atoms with E-state index in [9.17, 15) is 18.0 Å². The molecule has 1 saturated heterocycles. The van der Waals surface area contributed by atoms with Gasteiger partial charge in [0.2, 0.25) is 5.91 Å². The van der Waals surface area contributed by atoms with Crippen LogP contribution >= 0.6 is 0 Å². The molecule has 35 heavy (non-hydrogen) atoms. The number of aromatic nitrogens is 2. The molecule has 4 heterocycles. The standard InChI is InChI=1S/C25H28F3N5O2/c26-25(27,28)35-20-5-3-17(4-6-20)2-1-9-32-10-7-18-14-33(15-19(18)8-11-32)24(34)22-12-21-23(13-29-22)31-16-30-21/h1-7,16,19,22,29H,8-15H2,(H,30,31)/t19-,22?/m1/s1. The largest absolute Gasteiger partial charge is 0.573 e. The monoisotopic (exact) mass is 487 g/mol. The molecule has 1 amide bonds. The van der Waals surface area contributed by atoms with Gasteiger partial charge in [0.25, 0.3) is 0 Å². The number of halogens is 3. The summed E-state index contributed by atoms with van der Waals surface area (Å²) in [6.45, 7) is 4.55. The fourth-order valence-corrected chi connectivity index (χ4v) is 5.00. The lowest BCUT2D eigenvalue weighted by molar-refractivity contribution is -0.274. The van der Waals surface area contributed by atoms with Crippen molar-refractivity contribution in [2.75, 3.05) is 32.7 Å². The second-order valence-corrected chi connectivity index (χ2v) is 9.23. The third-order valence-electron chi connectivity index (χ3n) is 6.87. The Balaban J connectivity index is 1.11. The molecule has 1 fully saturated rings. The number of aromatic amines is 1. The number of H-pyrrole nitrogens is 1. The minimum Gasteiger partial charge on any atom is -0.406 e. The van der Waals surface area contributed by atoms with Crippen molar-refractivity contribution in [2.45, 2.75) is 31.8 Å². The summed E-state index contributed by atoms with van der Waals surface area (Å²) in [6, 6.07) is 5.63. The van der Waals surface area contributed by atoms with Gasteiger partial charge in [-0.15, -0.1) is 13.2 Å². The van der Waals surface area contributed by atoms with Gasteiger partial charge >= 0.3 is 6.36 Å². The van der Waals surface area contributed by atoms with Crippen molar-refractivity contribution >= 4 is 12.0 Å². The number of fused-ring (bicyclic) bond motifs is 2. The van der Waals surface area contributed by atoms with E-state index in [1.807, 2.05) is 17.1 Å². The van der Waals surface area contributed by atoms with Gasteiger partial charge in [0.05, 0.1) is 18.1 Å². The lowest BCUT2D eigenvalue weighted by atomic mass is 10.00. The molecule has 5 rings (SSSR count). The zero-order valence-corrected chi connectivity index (χ0v) is 19.2. The van der Waals surface area contributed by atoms with Crippen LogP contribution in [0.5, 0.6) is 5.75 Å². The third kappa shape index (κ3) is 5.76. The van der Waals surface area contributed by atoms with Crippen LogP contribution in [0.1, 0.15) is 23.4 Å². The number of amides is 1. The summed E-state index contributed by atoms with van der Waals surface area (Å²) < 4.78 is 40.7. The summed E-state index contributed by atoms with van der Waals surface area (Å²) in [5.41, 5.74) is 4.19. The predicted molar refractivity (Wildman–Crippen MR) is 124 cm³/mol. The maximum Gasteiger partial charge on any atom is 0.573 e. The van der Waals surface area contributed by atoms with Crippen molar-refractivity contribution in [3.8, 4) is 5.75 Å². The molecule has 3 aliphatic heterocycles. The van der Waals surface area contributed by atoms with Gasteiger partial charge in [-0.25, -0.2) is 4.98 Å². The minimum absolute atomic E-state index is 0.158. The fraction of sp³-hybridized carbons (Fsp3) is 0.440. The van der Waals surface area contributed by atoms with E-state index in [1.165, 1.54) is 17.7 Å². The Labute approximate surface area is 201 Å². The molecule has 0 saturated carbocycles. The molecule has 3 aliphatic rings. The quantitative estimate of drug-likeness (QED) is 0.634. The number of benzene rings is 1. The zero-order valence-electron chi connectivity index (χ0n) is 19.2. The smallest absolute Gasteiger partial charge is 0.406 e. The van der Waals surface area contributed by atoms with E-state index in [0.717, 1.165) is 49.6 Å². The highest BCUT2D eigenvalue weighted by Crippen LogP contribution is 2.29. The van der Waals surface area contributed by atoms with Gasteiger partial charge in [-0.05, 0) is 36.2 Å². The van der Waals surface area contributed by atoms with Gasteiger partial charge in [-0.2, -0.15) is 0 Å². The van der Waals surface area contributed by atoms with Crippen molar-refractivity contribution in [1.29, 1.82) is 0 Å². The lowest BCUT2D eigenvalue weighted by Crippen LogP contribution is -2.49. The van der Waals surface area contributed by atoms with Crippen molar-refractivity contribution in [2.24, 2.45) is 5.92 Å². The normalized spacial score (nSPS) is 23.1. The number of carbonyl (C=O) groups excluding carboxylic acids is 1. The molecule has 0 spiro atoms. The number of nitrogens with zero attached hydrogens (tertiary/aromatic N) is 3. The van der Waals surface area contributed by atoms with Gasteiger partial charge in [-0.3, -0.25) is 15.0 Å². The maximum atomic E-state index is 13.1. The molecule has 2 aromatic rings. The number of alkyl halides is 3. The molecule has 10 heteroatoms. The molecular weight excluding hydrogens is 459 g/mol. The van der Waals surface area contributed by atoms with Crippen molar-refractivity contribution in [3.63, 3.8) is 0 Å². The Bertz CT molecular complexity index is 1110. The first-order valence-electron chi connectivity index (χ1n) is 11.8. The Morgan fingerprint density at radius 3 is 2.89 bits per heavy atom. The van der Waals surface area contributed by atoms with Gasteiger partial charge < -0.3 is 14.6 Å². The summed E-state index contributed by atoms with van der Waals surface area (Å²) in [5, 5.41) is 3.32. The summed E-state index contributed by atoms with van der Waals surface area (Å²) in [7, 11) is 0. The van der Waals surface area contributed by atoms with Crippen LogP contribution in [0.3, 0.4) is 0 Å². The van der Waals surface area contributed by atoms with Gasteiger partial charge in [0, 0.05) is 50.8 Å². The molecule has 0 bridgehead atoms. The number of rotatable bonds is 5. The molecule has 2 N–H and O–H groups in total. The summed E-state index contributed by atoms with van der Waals surface area (Å²) in [6.07, 6.45) is 4.82. The second-order valence-electron chi connectivity index (χ2n) is 9.23. The highest BCUT2D eigenvalue weighted by Gasteiger charge is 2.36. The highest BCUT2D eigenvalue weighted by atomic mass is 19.4. The summed E-state index contributed by atoms with van der Waals surface area (Å²) in [4.78, 5) is 24.8. The molecule has 1 aromatic heterocycles. The van der Waals surface area contributed by atoms with E-state index in [0.29, 0.717) is 25.4 Å². The topological polar surface area (TPSA) is 73.5 Å². The molecular formula is C25H28F3N5O2. The Kier molecular flexibility index (Phi) is 6.66. The Hall–Kier alpha value is -3.11. The van der Waals surface area contributed by atoms with E-state index < -0.39 is 6.36 Å². The van der Waals surface area contributed by atoms with Crippen LogP contribution in [0.25, 0.3) is 6.08 Å². The Morgan fingerprint density at radius 2 is 2.09 bits per heavy atom. The molecule has 1 unspecified atom stereocenters. The molecule has 186 valence electrons. The first-order valence-corrected chi connectivity index (χ1v) is 11.8. The first kappa shape index (κ1) is 23.6.